The predicted molar refractivity (Wildman–Crippen MR) is 234 cm³/mol. The number of rotatable bonds is 21. The number of likely N-dealkylation sites (N-methyl/N-ethyl adjacent to an activating group) is 2. The van der Waals surface area contributed by atoms with Crippen molar-refractivity contribution in [3.8, 4) is 0 Å². The summed E-state index contributed by atoms with van der Waals surface area (Å²) in [5.74, 6) is -2.32. The first-order chi connectivity index (χ1) is 29.1. The van der Waals surface area contributed by atoms with E-state index in [-0.39, 0.29) is 73.3 Å². The first-order valence-corrected chi connectivity index (χ1v) is 22.0. The molecule has 14 nitrogen and oxygen atoms in total. The first-order valence-electron chi connectivity index (χ1n) is 22.0. The van der Waals surface area contributed by atoms with Crippen LogP contribution >= 0.6 is 0 Å². The van der Waals surface area contributed by atoms with Crippen LogP contribution in [0, 0.1) is 23.7 Å². The summed E-state index contributed by atoms with van der Waals surface area (Å²) in [5.41, 5.74) is 2.89. The zero-order chi connectivity index (χ0) is 45.0. The lowest BCUT2D eigenvalue weighted by Gasteiger charge is -2.41. The summed E-state index contributed by atoms with van der Waals surface area (Å²) in [6.45, 7) is 14.5. The Morgan fingerprint density at radius 1 is 0.852 bits per heavy atom. The number of carbonyl (C=O) groups excluding carboxylic acids is 5. The molecule has 9 unspecified atom stereocenters. The lowest BCUT2D eigenvalue weighted by atomic mass is 9.89. The van der Waals surface area contributed by atoms with E-state index in [1.165, 1.54) is 5.06 Å². The molecule has 338 valence electrons. The summed E-state index contributed by atoms with van der Waals surface area (Å²) in [6, 6.07) is 14.3. The average molecular weight is 849 g/mol. The summed E-state index contributed by atoms with van der Waals surface area (Å²) in [4.78, 5) is 79.5. The Labute approximate surface area is 363 Å². The maximum Gasteiger partial charge on any atom is 0.269 e. The number of benzene rings is 2. The van der Waals surface area contributed by atoms with Crippen molar-refractivity contribution in [2.75, 3.05) is 34.9 Å². The van der Waals surface area contributed by atoms with E-state index in [2.05, 4.69) is 16.0 Å². The number of nitrogens with one attached hydrogen (secondary N) is 3. The van der Waals surface area contributed by atoms with Crippen LogP contribution in [0.1, 0.15) is 90.8 Å². The number of amides is 5. The van der Waals surface area contributed by atoms with Gasteiger partial charge in [-0.25, -0.2) is 5.06 Å². The van der Waals surface area contributed by atoms with E-state index in [0.29, 0.717) is 13.0 Å². The fourth-order valence-corrected chi connectivity index (χ4v) is 8.92. The Bertz CT molecular complexity index is 1760. The molecule has 3 N–H and O–H groups in total. The van der Waals surface area contributed by atoms with E-state index in [1.54, 1.807) is 45.0 Å². The van der Waals surface area contributed by atoms with Gasteiger partial charge in [0.15, 0.2) is 0 Å². The quantitative estimate of drug-likeness (QED) is 0.165. The number of likely N-dealkylation sites (tertiary alicyclic amines) is 1. The van der Waals surface area contributed by atoms with Crippen molar-refractivity contribution in [1.82, 2.24) is 30.8 Å². The van der Waals surface area contributed by atoms with Crippen molar-refractivity contribution in [3.63, 3.8) is 0 Å². The fourth-order valence-electron chi connectivity index (χ4n) is 8.92. The largest absolute Gasteiger partial charge is 0.379 e. The van der Waals surface area contributed by atoms with Crippen LogP contribution < -0.4 is 16.0 Å². The number of carbonyl (C=O) groups is 5. The molecule has 2 aliphatic heterocycles. The number of ether oxygens (including phenoxy) is 2. The Balaban J connectivity index is 1.50. The topological polar surface area (TPSA) is 159 Å². The molecule has 2 aromatic rings. The summed E-state index contributed by atoms with van der Waals surface area (Å²) >= 11 is 0. The van der Waals surface area contributed by atoms with E-state index in [1.807, 2.05) is 96.1 Å². The lowest BCUT2D eigenvalue weighted by molar-refractivity contribution is -0.203. The Kier molecular flexibility index (Phi) is 18.7. The highest BCUT2D eigenvalue weighted by molar-refractivity contribution is 5.90. The zero-order valence-electron chi connectivity index (χ0n) is 38.3. The van der Waals surface area contributed by atoms with Gasteiger partial charge < -0.3 is 35.2 Å². The van der Waals surface area contributed by atoms with Crippen LogP contribution in [0.5, 0.6) is 0 Å². The second-order valence-electron chi connectivity index (χ2n) is 17.5. The molecule has 0 saturated carbocycles. The molecule has 1 fully saturated rings. The molecule has 2 heterocycles. The summed E-state index contributed by atoms with van der Waals surface area (Å²) in [7, 11) is 6.55. The Morgan fingerprint density at radius 2 is 1.49 bits per heavy atom. The predicted octanol–water partition coefficient (Wildman–Crippen LogP) is 4.49. The van der Waals surface area contributed by atoms with Crippen LogP contribution in [0.3, 0.4) is 0 Å². The third kappa shape index (κ3) is 12.4. The van der Waals surface area contributed by atoms with Gasteiger partial charge in [0, 0.05) is 34.2 Å². The summed E-state index contributed by atoms with van der Waals surface area (Å²) in [6.07, 6.45) is 0.999. The maximum absolute atomic E-state index is 14.4. The molecular weight excluding hydrogens is 777 g/mol. The van der Waals surface area contributed by atoms with Crippen LogP contribution in [0.25, 0.3) is 0 Å². The molecule has 1 saturated heterocycles. The van der Waals surface area contributed by atoms with Crippen LogP contribution in [0.4, 0.5) is 0 Å². The van der Waals surface area contributed by atoms with E-state index in [0.717, 1.165) is 29.5 Å². The van der Waals surface area contributed by atoms with Gasteiger partial charge in [0.05, 0.1) is 49.2 Å². The van der Waals surface area contributed by atoms with Crippen LogP contribution in [0.2, 0.25) is 0 Å². The second kappa shape index (κ2) is 23.2. The number of hydrogen-bond donors (Lipinski definition) is 3. The highest BCUT2D eigenvalue weighted by Crippen LogP contribution is 2.30. The standard InChI is InChI=1S/C47H72N6O8/c1-12-31(6)42(51(9)47(58)41(30(4)5)50-45(56)40(48-8)29(2)3)38(59-10)26-39(54)52-24-18-23-37(52)43(60-11)32(7)44(55)49-36(25-33-19-14-13-15-20-33)46(57)53-27-34-21-16-17-22-35(34)28-61-53/h13-17,19-22,29-32,36-38,40-43,48H,12,18,23-28H2,1-11H3,(H,49,55)(H,50,56). The summed E-state index contributed by atoms with van der Waals surface area (Å²) < 4.78 is 12.1. The van der Waals surface area contributed by atoms with Crippen molar-refractivity contribution in [2.24, 2.45) is 23.7 Å². The number of hydrogen-bond acceptors (Lipinski definition) is 9. The van der Waals surface area contributed by atoms with E-state index >= 15 is 0 Å². The van der Waals surface area contributed by atoms with Crippen molar-refractivity contribution in [3.05, 3.63) is 71.3 Å². The lowest BCUT2D eigenvalue weighted by Crippen LogP contribution is -2.59. The van der Waals surface area contributed by atoms with Gasteiger partial charge in [0.2, 0.25) is 23.6 Å². The minimum absolute atomic E-state index is 0.00284. The molecular formula is C47H72N6O8. The van der Waals surface area contributed by atoms with Crippen LogP contribution in [0.15, 0.2) is 54.6 Å². The molecule has 61 heavy (non-hydrogen) atoms. The molecule has 2 aromatic carbocycles. The molecule has 14 heteroatoms. The van der Waals surface area contributed by atoms with E-state index < -0.39 is 48.3 Å². The third-order valence-electron chi connectivity index (χ3n) is 12.7. The van der Waals surface area contributed by atoms with E-state index in [9.17, 15) is 24.0 Å². The van der Waals surface area contributed by atoms with Gasteiger partial charge in [0.25, 0.3) is 5.91 Å². The van der Waals surface area contributed by atoms with Gasteiger partial charge in [-0.15, -0.1) is 0 Å². The van der Waals surface area contributed by atoms with Gasteiger partial charge in [-0.3, -0.25) is 28.8 Å². The van der Waals surface area contributed by atoms with Crippen molar-refractivity contribution in [1.29, 1.82) is 0 Å². The second-order valence-corrected chi connectivity index (χ2v) is 17.5. The molecule has 5 amide bonds. The fraction of sp³-hybridized carbons (Fsp3) is 0.638. The SMILES string of the molecule is CCC(C)C(C(CC(=O)N1CCCC1C(OC)C(C)C(=O)NC(Cc1ccccc1)C(=O)N1Cc2ccccc2CO1)OC)N(C)C(=O)C(NC(=O)C(NC)C(C)C)C(C)C. The third-order valence-corrected chi connectivity index (χ3v) is 12.7. The van der Waals surface area contributed by atoms with Gasteiger partial charge in [-0.05, 0) is 54.3 Å². The molecule has 4 rings (SSSR count). The Hall–Kier alpha value is -4.37. The van der Waals surface area contributed by atoms with Gasteiger partial charge in [-0.2, -0.15) is 0 Å². The molecule has 0 spiro atoms. The highest BCUT2D eigenvalue weighted by Gasteiger charge is 2.44. The Morgan fingerprint density at radius 3 is 2.08 bits per heavy atom. The number of methoxy groups -OCH3 is 2. The molecule has 2 aliphatic rings. The first kappa shape index (κ1) is 49.3. The molecule has 0 bridgehead atoms. The van der Waals surface area contributed by atoms with Crippen LogP contribution in [-0.2, 0) is 57.9 Å². The smallest absolute Gasteiger partial charge is 0.269 e. The van der Waals surface area contributed by atoms with E-state index in [4.69, 9.17) is 14.3 Å². The van der Waals surface area contributed by atoms with Gasteiger partial charge in [-0.1, -0.05) is 109 Å². The average Bonchev–Trinajstić information content (AvgIpc) is 3.74. The van der Waals surface area contributed by atoms with Crippen molar-refractivity contribution >= 4 is 29.5 Å². The normalized spacial score (nSPS) is 19.3. The number of nitrogens with zero attached hydrogens (tertiary/aromatic N) is 3. The monoisotopic (exact) mass is 849 g/mol. The van der Waals surface area contributed by atoms with Crippen molar-refractivity contribution < 1.29 is 38.3 Å². The highest BCUT2D eigenvalue weighted by atomic mass is 16.7. The zero-order valence-corrected chi connectivity index (χ0v) is 38.3. The van der Waals surface area contributed by atoms with Gasteiger partial charge in [0.1, 0.15) is 18.7 Å². The minimum atomic E-state index is -0.912. The molecule has 0 radical (unpaired) electrons. The van der Waals surface area contributed by atoms with Gasteiger partial charge >= 0.3 is 0 Å². The maximum atomic E-state index is 14.4. The molecule has 9 atom stereocenters. The molecule has 0 aliphatic carbocycles. The minimum Gasteiger partial charge on any atom is -0.379 e. The number of fused-ring (bicyclic) bond motifs is 1. The van der Waals surface area contributed by atoms with Crippen molar-refractivity contribution in [2.45, 2.75) is 136 Å². The molecule has 0 aromatic heterocycles. The van der Waals surface area contributed by atoms with Crippen LogP contribution in [-0.4, -0.2) is 122 Å². The summed E-state index contributed by atoms with van der Waals surface area (Å²) in [5, 5.41) is 10.4. The number of hydroxylamine groups is 2.